The Labute approximate surface area is 93.6 Å². The number of rotatable bonds is 4. The molecule has 5 heteroatoms. The van der Waals surface area contributed by atoms with Crippen molar-refractivity contribution >= 4 is 0 Å². The molecule has 0 bridgehead atoms. The van der Waals surface area contributed by atoms with Gasteiger partial charge in [0.15, 0.2) is 5.76 Å². The lowest BCUT2D eigenvalue weighted by Crippen LogP contribution is -2.08. The average Bonchev–Trinajstić information content (AvgIpc) is 2.95. The fraction of sp³-hybridized carbons (Fsp3) is 0.455. The fourth-order valence-electron chi connectivity index (χ4n) is 1.34. The summed E-state index contributed by atoms with van der Waals surface area (Å²) in [5.41, 5.74) is 5.79. The van der Waals surface area contributed by atoms with Crippen LogP contribution >= 0.6 is 0 Å². The van der Waals surface area contributed by atoms with E-state index in [1.54, 1.807) is 0 Å². The molecule has 2 aromatic heterocycles. The summed E-state index contributed by atoms with van der Waals surface area (Å²) in [4.78, 5) is 0. The Hall–Kier alpha value is -1.62. The summed E-state index contributed by atoms with van der Waals surface area (Å²) < 4.78 is 10.9. The minimum Gasteiger partial charge on any atom is -0.456 e. The van der Waals surface area contributed by atoms with Gasteiger partial charge in [0.25, 0.3) is 5.89 Å². The molecule has 16 heavy (non-hydrogen) atoms. The van der Waals surface area contributed by atoms with Crippen LogP contribution in [0, 0.1) is 0 Å². The van der Waals surface area contributed by atoms with Crippen molar-refractivity contribution in [2.24, 2.45) is 5.73 Å². The molecule has 0 aliphatic carbocycles. The largest absolute Gasteiger partial charge is 0.456 e. The third kappa shape index (κ3) is 1.99. The van der Waals surface area contributed by atoms with Crippen LogP contribution in [0.5, 0.6) is 0 Å². The summed E-state index contributed by atoms with van der Waals surface area (Å²) in [5, 5.41) is 7.81. The van der Waals surface area contributed by atoms with Gasteiger partial charge in [-0.25, -0.2) is 0 Å². The van der Waals surface area contributed by atoms with E-state index >= 15 is 0 Å². The quantitative estimate of drug-likeness (QED) is 0.857. The Balaban J connectivity index is 2.24. The Morgan fingerprint density at radius 2 is 2.06 bits per heavy atom. The number of aryl methyl sites for hydroxylation is 1. The molecular formula is C11H15N3O2. The molecular weight excluding hydrogens is 206 g/mol. The molecule has 2 N–H and O–H groups in total. The first kappa shape index (κ1) is 10.9. The van der Waals surface area contributed by atoms with Crippen LogP contribution < -0.4 is 5.73 Å². The lowest BCUT2D eigenvalue weighted by molar-refractivity contribution is 0.435. The van der Waals surface area contributed by atoms with Gasteiger partial charge >= 0.3 is 0 Å². The van der Waals surface area contributed by atoms with Crippen molar-refractivity contribution in [2.45, 2.75) is 32.7 Å². The number of hydrogen-bond donors (Lipinski definition) is 1. The van der Waals surface area contributed by atoms with Gasteiger partial charge in [0.1, 0.15) is 5.76 Å². The van der Waals surface area contributed by atoms with Crippen molar-refractivity contribution in [1.82, 2.24) is 10.2 Å². The Kier molecular flexibility index (Phi) is 3.05. The molecule has 1 unspecified atom stereocenters. The second kappa shape index (κ2) is 4.49. The molecule has 2 aromatic rings. The summed E-state index contributed by atoms with van der Waals surface area (Å²) in [6.07, 6.45) is 1.61. The third-order valence-corrected chi connectivity index (χ3v) is 2.42. The van der Waals surface area contributed by atoms with Gasteiger partial charge in [-0.2, -0.15) is 0 Å². The van der Waals surface area contributed by atoms with Crippen LogP contribution in [0.1, 0.15) is 38.0 Å². The summed E-state index contributed by atoms with van der Waals surface area (Å²) in [7, 11) is 0. The van der Waals surface area contributed by atoms with Gasteiger partial charge < -0.3 is 14.6 Å². The van der Waals surface area contributed by atoms with Crippen LogP contribution in [0.15, 0.2) is 21.0 Å². The monoisotopic (exact) mass is 221 g/mol. The SMILES string of the molecule is CCc1ccc(-c2nnc(C(N)CC)o2)o1. The van der Waals surface area contributed by atoms with Crippen molar-refractivity contribution in [1.29, 1.82) is 0 Å². The maximum absolute atomic E-state index is 5.79. The van der Waals surface area contributed by atoms with Crippen molar-refractivity contribution in [3.8, 4) is 11.7 Å². The summed E-state index contributed by atoms with van der Waals surface area (Å²) in [6.45, 7) is 3.99. The van der Waals surface area contributed by atoms with Gasteiger partial charge in [0.2, 0.25) is 5.89 Å². The highest BCUT2D eigenvalue weighted by molar-refractivity contribution is 5.43. The molecule has 0 saturated heterocycles. The Bertz CT molecular complexity index is 461. The predicted molar refractivity (Wildman–Crippen MR) is 58.6 cm³/mol. The van der Waals surface area contributed by atoms with Gasteiger partial charge in [-0.05, 0) is 18.6 Å². The zero-order valence-corrected chi connectivity index (χ0v) is 9.43. The Morgan fingerprint density at radius 3 is 2.69 bits per heavy atom. The molecule has 0 aliphatic heterocycles. The molecule has 2 heterocycles. The molecule has 0 aromatic carbocycles. The van der Waals surface area contributed by atoms with E-state index in [1.165, 1.54) is 0 Å². The lowest BCUT2D eigenvalue weighted by Gasteiger charge is -1.99. The van der Waals surface area contributed by atoms with Crippen molar-refractivity contribution < 1.29 is 8.83 Å². The maximum atomic E-state index is 5.79. The van der Waals surface area contributed by atoms with Crippen LogP contribution in [0.25, 0.3) is 11.7 Å². The molecule has 2 rings (SSSR count). The third-order valence-electron chi connectivity index (χ3n) is 2.42. The van der Waals surface area contributed by atoms with E-state index < -0.39 is 0 Å². The van der Waals surface area contributed by atoms with E-state index in [1.807, 2.05) is 26.0 Å². The van der Waals surface area contributed by atoms with E-state index in [-0.39, 0.29) is 6.04 Å². The minimum absolute atomic E-state index is 0.207. The lowest BCUT2D eigenvalue weighted by atomic mass is 10.2. The Morgan fingerprint density at radius 1 is 1.25 bits per heavy atom. The molecule has 1 atom stereocenters. The number of aromatic nitrogens is 2. The van der Waals surface area contributed by atoms with E-state index in [4.69, 9.17) is 14.6 Å². The van der Waals surface area contributed by atoms with Crippen LogP contribution in [0.4, 0.5) is 0 Å². The minimum atomic E-state index is -0.207. The fourth-order valence-corrected chi connectivity index (χ4v) is 1.34. The normalized spacial score (nSPS) is 12.9. The number of nitrogens with zero attached hydrogens (tertiary/aromatic N) is 2. The molecule has 5 nitrogen and oxygen atoms in total. The first-order valence-electron chi connectivity index (χ1n) is 5.42. The molecule has 0 aliphatic rings. The molecule has 0 saturated carbocycles. The highest BCUT2D eigenvalue weighted by Gasteiger charge is 2.15. The zero-order valence-electron chi connectivity index (χ0n) is 9.43. The molecule has 0 amide bonds. The van der Waals surface area contributed by atoms with Gasteiger partial charge in [0.05, 0.1) is 6.04 Å². The summed E-state index contributed by atoms with van der Waals surface area (Å²) in [5.74, 6) is 2.33. The van der Waals surface area contributed by atoms with E-state index in [9.17, 15) is 0 Å². The van der Waals surface area contributed by atoms with E-state index in [2.05, 4.69) is 10.2 Å². The van der Waals surface area contributed by atoms with Gasteiger partial charge in [0, 0.05) is 6.42 Å². The van der Waals surface area contributed by atoms with Gasteiger partial charge in [-0.15, -0.1) is 10.2 Å². The maximum Gasteiger partial charge on any atom is 0.283 e. The first-order valence-corrected chi connectivity index (χ1v) is 5.42. The smallest absolute Gasteiger partial charge is 0.283 e. The number of furan rings is 1. The summed E-state index contributed by atoms with van der Waals surface area (Å²) >= 11 is 0. The second-order valence-electron chi connectivity index (χ2n) is 3.58. The topological polar surface area (TPSA) is 78.1 Å². The van der Waals surface area contributed by atoms with Crippen molar-refractivity contribution in [3.63, 3.8) is 0 Å². The highest BCUT2D eigenvalue weighted by Crippen LogP contribution is 2.23. The van der Waals surface area contributed by atoms with Crippen molar-refractivity contribution in [3.05, 3.63) is 23.8 Å². The molecule has 0 radical (unpaired) electrons. The van der Waals surface area contributed by atoms with Gasteiger partial charge in [-0.3, -0.25) is 0 Å². The van der Waals surface area contributed by atoms with E-state index in [0.717, 1.165) is 18.6 Å². The van der Waals surface area contributed by atoms with Crippen LogP contribution in [-0.2, 0) is 6.42 Å². The molecule has 0 spiro atoms. The second-order valence-corrected chi connectivity index (χ2v) is 3.58. The number of nitrogens with two attached hydrogens (primary N) is 1. The number of hydrogen-bond acceptors (Lipinski definition) is 5. The van der Waals surface area contributed by atoms with Gasteiger partial charge in [-0.1, -0.05) is 13.8 Å². The molecule has 0 fully saturated rings. The van der Waals surface area contributed by atoms with Crippen LogP contribution in [-0.4, -0.2) is 10.2 Å². The van der Waals surface area contributed by atoms with Crippen LogP contribution in [0.3, 0.4) is 0 Å². The average molecular weight is 221 g/mol. The van der Waals surface area contributed by atoms with E-state index in [0.29, 0.717) is 17.5 Å². The first-order chi connectivity index (χ1) is 7.74. The molecule has 86 valence electrons. The predicted octanol–water partition coefficient (Wildman–Crippen LogP) is 2.30. The standard InChI is InChI=1S/C11H15N3O2/c1-3-7-5-6-9(15-7)11-14-13-10(16-11)8(12)4-2/h5-6,8H,3-4,12H2,1-2H3. The van der Waals surface area contributed by atoms with Crippen LogP contribution in [0.2, 0.25) is 0 Å². The van der Waals surface area contributed by atoms with Crippen molar-refractivity contribution in [2.75, 3.05) is 0 Å². The highest BCUT2D eigenvalue weighted by atomic mass is 16.4. The summed E-state index contributed by atoms with van der Waals surface area (Å²) in [6, 6.07) is 3.52. The zero-order chi connectivity index (χ0) is 11.5.